The number of hydrogen-bond donors (Lipinski definition) is 1. The highest BCUT2D eigenvalue weighted by Gasteiger charge is 1.96. The third-order valence-electron chi connectivity index (χ3n) is 3.96. The van der Waals surface area contributed by atoms with Crippen molar-refractivity contribution in [1.82, 2.24) is 0 Å². The predicted octanol–water partition coefficient (Wildman–Crippen LogP) is 0.0813. The molecule has 0 bridgehead atoms. The fourth-order valence-corrected chi connectivity index (χ4v) is 2.27. The average Bonchev–Trinajstić information content (AvgIpc) is 2.85. The first-order valence-corrected chi connectivity index (χ1v) is 12.2. The van der Waals surface area contributed by atoms with Crippen molar-refractivity contribution in [3.63, 3.8) is 0 Å². The zero-order valence-electron chi connectivity index (χ0n) is 21.3. The minimum Gasteiger partial charge on any atom is -0.463 e. The van der Waals surface area contributed by atoms with Crippen molar-refractivity contribution in [3.8, 4) is 0 Å². The van der Waals surface area contributed by atoms with Crippen molar-refractivity contribution in [2.75, 3.05) is 132 Å². The van der Waals surface area contributed by atoms with E-state index in [1.165, 1.54) is 6.92 Å². The van der Waals surface area contributed by atoms with Gasteiger partial charge < -0.3 is 52.5 Å². The summed E-state index contributed by atoms with van der Waals surface area (Å²) in [6.45, 7) is 10.7. The van der Waals surface area contributed by atoms with Gasteiger partial charge in [0.2, 0.25) is 0 Å². The molecule has 0 atom stereocenters. The summed E-state index contributed by atoms with van der Waals surface area (Å²) >= 11 is 0. The van der Waals surface area contributed by atoms with Crippen molar-refractivity contribution in [3.05, 3.63) is 0 Å². The molecule has 0 spiro atoms. The first-order chi connectivity index (χ1) is 17.3. The number of aliphatic hydroxyl groups excluding tert-OH is 1. The normalized spacial score (nSPS) is 11.3. The second-order valence-corrected chi connectivity index (χ2v) is 6.93. The van der Waals surface area contributed by atoms with Crippen molar-refractivity contribution in [2.45, 2.75) is 13.3 Å². The molecule has 12 nitrogen and oxygen atoms in total. The number of rotatable bonds is 30. The van der Waals surface area contributed by atoms with Crippen LogP contribution >= 0.6 is 0 Å². The zero-order valence-corrected chi connectivity index (χ0v) is 21.3. The fraction of sp³-hybridized carbons (Fsp3) is 0.957. The lowest BCUT2D eigenvalue weighted by Crippen LogP contribution is -2.15. The van der Waals surface area contributed by atoms with E-state index in [9.17, 15) is 4.79 Å². The van der Waals surface area contributed by atoms with E-state index < -0.39 is 0 Å². The Hall–Kier alpha value is -0.930. The monoisotopic (exact) mass is 514 g/mol. The Balaban J connectivity index is 3.01. The third kappa shape index (κ3) is 33.1. The van der Waals surface area contributed by atoms with E-state index in [4.69, 9.17) is 52.5 Å². The number of ether oxygens (including phenoxy) is 10. The van der Waals surface area contributed by atoms with E-state index in [0.29, 0.717) is 125 Å². The van der Waals surface area contributed by atoms with Gasteiger partial charge in [0.05, 0.1) is 112 Å². The molecule has 0 aliphatic heterocycles. The highest BCUT2D eigenvalue weighted by molar-refractivity contribution is 5.65. The van der Waals surface area contributed by atoms with Crippen LogP contribution in [0.4, 0.5) is 0 Å². The molecule has 0 radical (unpaired) electrons. The van der Waals surface area contributed by atoms with E-state index in [1.807, 2.05) is 0 Å². The predicted molar refractivity (Wildman–Crippen MR) is 126 cm³/mol. The van der Waals surface area contributed by atoms with Crippen molar-refractivity contribution < 1.29 is 57.3 Å². The van der Waals surface area contributed by atoms with Gasteiger partial charge in [0.25, 0.3) is 0 Å². The van der Waals surface area contributed by atoms with Crippen molar-refractivity contribution in [1.29, 1.82) is 0 Å². The van der Waals surface area contributed by atoms with Gasteiger partial charge in [0.1, 0.15) is 6.61 Å². The Labute approximate surface area is 209 Å². The summed E-state index contributed by atoms with van der Waals surface area (Å²) in [4.78, 5) is 10.6. The molecule has 0 aromatic rings. The minimum atomic E-state index is -0.311. The molecule has 0 saturated heterocycles. The van der Waals surface area contributed by atoms with Crippen LogP contribution in [0.15, 0.2) is 0 Å². The summed E-state index contributed by atoms with van der Waals surface area (Å²) in [6, 6.07) is 0. The van der Waals surface area contributed by atoms with Crippen LogP contribution in [0.25, 0.3) is 0 Å². The minimum absolute atomic E-state index is 0.146. The van der Waals surface area contributed by atoms with Crippen molar-refractivity contribution in [2.24, 2.45) is 0 Å². The molecule has 0 heterocycles. The molecule has 0 unspecified atom stereocenters. The molecule has 0 amide bonds. The molecule has 1 N–H and O–H groups in total. The summed E-state index contributed by atoms with van der Waals surface area (Å²) in [5.41, 5.74) is 0. The average molecular weight is 515 g/mol. The summed E-state index contributed by atoms with van der Waals surface area (Å²) in [5.74, 6) is -0.311. The third-order valence-corrected chi connectivity index (χ3v) is 3.96. The Kier molecular flexibility index (Phi) is 30.3. The maximum absolute atomic E-state index is 10.6. The highest BCUT2D eigenvalue weighted by atomic mass is 16.6. The van der Waals surface area contributed by atoms with Crippen LogP contribution in [0.2, 0.25) is 0 Å². The Morgan fingerprint density at radius 1 is 0.429 bits per heavy atom. The largest absolute Gasteiger partial charge is 0.463 e. The molecule has 0 fully saturated rings. The number of hydrogen-bond acceptors (Lipinski definition) is 12. The molecule has 35 heavy (non-hydrogen) atoms. The molecule has 0 aliphatic rings. The highest BCUT2D eigenvalue weighted by Crippen LogP contribution is 1.87. The molecule has 0 saturated carbocycles. The summed E-state index contributed by atoms with van der Waals surface area (Å²) in [5, 5.41) is 8.61. The standard InChI is InChI=1S/C23H46O12/c1-23(25)35-22-21-34-20-19-33-18-17-32-16-15-31-14-13-30-12-11-29-10-9-28-8-7-27-6-5-26-4-2-3-24/h24H,2-22H2,1H3. The lowest BCUT2D eigenvalue weighted by Gasteiger charge is -2.09. The summed E-state index contributed by atoms with van der Waals surface area (Å²) in [7, 11) is 0. The lowest BCUT2D eigenvalue weighted by atomic mass is 10.5. The molecule has 0 aromatic carbocycles. The van der Waals surface area contributed by atoms with Crippen LogP contribution in [-0.4, -0.2) is 143 Å². The van der Waals surface area contributed by atoms with Crippen LogP contribution in [0.1, 0.15) is 13.3 Å². The summed E-state index contributed by atoms with van der Waals surface area (Å²) < 4.78 is 53.0. The van der Waals surface area contributed by atoms with Gasteiger partial charge in [-0.15, -0.1) is 0 Å². The SMILES string of the molecule is CC(=O)OCCOCCOCCOCCOCCOCCOCCOCCOCCOCCCO. The van der Waals surface area contributed by atoms with E-state index in [-0.39, 0.29) is 19.2 Å². The maximum Gasteiger partial charge on any atom is 0.302 e. The van der Waals surface area contributed by atoms with E-state index in [1.54, 1.807) is 0 Å². The van der Waals surface area contributed by atoms with Crippen LogP contribution in [0.3, 0.4) is 0 Å². The van der Waals surface area contributed by atoms with Crippen LogP contribution in [0.5, 0.6) is 0 Å². The van der Waals surface area contributed by atoms with E-state index in [2.05, 4.69) is 0 Å². The molecule has 0 aliphatic carbocycles. The van der Waals surface area contributed by atoms with E-state index >= 15 is 0 Å². The first kappa shape index (κ1) is 34.1. The summed E-state index contributed by atoms with van der Waals surface area (Å²) in [6.07, 6.45) is 0.650. The van der Waals surface area contributed by atoms with Crippen LogP contribution in [0, 0.1) is 0 Å². The lowest BCUT2D eigenvalue weighted by molar-refractivity contribution is -0.142. The molecular formula is C23H46O12. The molecule has 0 aromatic heterocycles. The topological polar surface area (TPSA) is 130 Å². The number of aliphatic hydroxyl groups is 1. The molecular weight excluding hydrogens is 468 g/mol. The fourth-order valence-electron chi connectivity index (χ4n) is 2.27. The second-order valence-electron chi connectivity index (χ2n) is 6.93. The van der Waals surface area contributed by atoms with Crippen molar-refractivity contribution >= 4 is 5.97 Å². The molecule has 0 rings (SSSR count). The second kappa shape index (κ2) is 31.1. The zero-order chi connectivity index (χ0) is 25.5. The van der Waals surface area contributed by atoms with Gasteiger partial charge in [-0.25, -0.2) is 0 Å². The number of esters is 1. The number of carbonyl (C=O) groups is 1. The van der Waals surface area contributed by atoms with E-state index in [0.717, 1.165) is 0 Å². The smallest absolute Gasteiger partial charge is 0.302 e. The van der Waals surface area contributed by atoms with Gasteiger partial charge in [-0.2, -0.15) is 0 Å². The van der Waals surface area contributed by atoms with Crippen LogP contribution < -0.4 is 0 Å². The molecule has 12 heteroatoms. The maximum atomic E-state index is 10.6. The number of carbonyl (C=O) groups excluding carboxylic acids is 1. The van der Waals surface area contributed by atoms with Gasteiger partial charge in [-0.05, 0) is 6.42 Å². The Bertz CT molecular complexity index is 414. The Morgan fingerprint density at radius 2 is 0.657 bits per heavy atom. The molecule has 210 valence electrons. The van der Waals surface area contributed by atoms with Gasteiger partial charge in [-0.1, -0.05) is 0 Å². The van der Waals surface area contributed by atoms with Gasteiger partial charge in [-0.3, -0.25) is 4.79 Å². The van der Waals surface area contributed by atoms with Gasteiger partial charge in [0.15, 0.2) is 0 Å². The first-order valence-electron chi connectivity index (χ1n) is 12.2. The van der Waals surface area contributed by atoms with Gasteiger partial charge >= 0.3 is 5.97 Å². The quantitative estimate of drug-likeness (QED) is 0.103. The van der Waals surface area contributed by atoms with Gasteiger partial charge in [0, 0.05) is 20.1 Å². The Morgan fingerprint density at radius 3 is 0.886 bits per heavy atom. The van der Waals surface area contributed by atoms with Crippen LogP contribution in [-0.2, 0) is 52.2 Å².